The molecule has 0 radical (unpaired) electrons. The minimum atomic E-state index is 0.763. The van der Waals surface area contributed by atoms with Crippen LogP contribution in [0.25, 0.3) is 0 Å². The zero-order chi connectivity index (χ0) is 14.8. The Morgan fingerprint density at radius 2 is 1.75 bits per heavy atom. The zero-order valence-electron chi connectivity index (χ0n) is 14.0. The van der Waals surface area contributed by atoms with Crippen LogP contribution in [0.3, 0.4) is 0 Å². The monoisotopic (exact) mass is 275 g/mol. The molecule has 20 heavy (non-hydrogen) atoms. The molecule has 0 aliphatic heterocycles. The van der Waals surface area contributed by atoms with Crippen molar-refractivity contribution >= 4 is 0 Å². The molecule has 0 aromatic heterocycles. The number of aryl methyl sites for hydroxylation is 3. The molecule has 1 aromatic rings. The maximum atomic E-state index is 3.52. The first-order chi connectivity index (χ1) is 9.67. The summed E-state index contributed by atoms with van der Waals surface area (Å²) >= 11 is 0. The summed E-state index contributed by atoms with van der Waals surface area (Å²) in [6, 6.07) is 7.05. The second kappa shape index (κ2) is 9.99. The van der Waals surface area contributed by atoms with Crippen LogP contribution in [0.15, 0.2) is 18.2 Å². The molecular formula is C19H33N. The maximum Gasteiger partial charge on any atom is -0.00258 e. The minimum absolute atomic E-state index is 0.763. The van der Waals surface area contributed by atoms with Crippen LogP contribution in [0.4, 0.5) is 0 Å². The summed E-state index contributed by atoms with van der Waals surface area (Å²) in [4.78, 5) is 0. The van der Waals surface area contributed by atoms with Gasteiger partial charge in [-0.05, 0) is 67.8 Å². The molecule has 0 fully saturated rings. The van der Waals surface area contributed by atoms with Crippen molar-refractivity contribution in [1.82, 2.24) is 5.32 Å². The van der Waals surface area contributed by atoms with E-state index in [1.54, 1.807) is 11.1 Å². The van der Waals surface area contributed by atoms with E-state index in [4.69, 9.17) is 0 Å². The van der Waals surface area contributed by atoms with Gasteiger partial charge in [0.25, 0.3) is 0 Å². The van der Waals surface area contributed by atoms with E-state index in [1.165, 1.54) is 37.8 Å². The molecule has 1 nitrogen and oxygen atoms in total. The molecule has 0 saturated heterocycles. The van der Waals surface area contributed by atoms with Gasteiger partial charge < -0.3 is 5.32 Å². The Hall–Kier alpha value is -0.820. The van der Waals surface area contributed by atoms with Gasteiger partial charge in [-0.2, -0.15) is 0 Å². The van der Waals surface area contributed by atoms with E-state index >= 15 is 0 Å². The van der Waals surface area contributed by atoms with Crippen LogP contribution in [-0.4, -0.2) is 13.1 Å². The Labute approximate surface area is 126 Å². The number of hydrogen-bond donors (Lipinski definition) is 1. The third-order valence-corrected chi connectivity index (χ3v) is 3.91. The molecule has 0 atom stereocenters. The normalized spacial score (nSPS) is 11.2. The molecule has 114 valence electrons. The smallest absolute Gasteiger partial charge is 0.00258 e. The molecule has 1 rings (SSSR count). The van der Waals surface area contributed by atoms with E-state index in [0.717, 1.165) is 25.3 Å². The lowest BCUT2D eigenvalue weighted by molar-refractivity contribution is 0.530. The molecule has 0 spiro atoms. The summed E-state index contributed by atoms with van der Waals surface area (Å²) in [5.74, 6) is 0.763. The standard InChI is InChI=1S/C19H33N/c1-5-17-11-12-18(6-2)19(14-17)10-8-7-9-13-20-15-16(3)4/h11-12,14,16,20H,5-10,13,15H2,1-4H3. The van der Waals surface area contributed by atoms with Crippen LogP contribution in [0.1, 0.15) is 63.6 Å². The van der Waals surface area contributed by atoms with Crippen molar-refractivity contribution in [3.8, 4) is 0 Å². The van der Waals surface area contributed by atoms with E-state index < -0.39 is 0 Å². The van der Waals surface area contributed by atoms with Gasteiger partial charge in [-0.3, -0.25) is 0 Å². The Morgan fingerprint density at radius 3 is 2.40 bits per heavy atom. The fourth-order valence-corrected chi connectivity index (χ4v) is 2.61. The molecule has 1 heteroatoms. The summed E-state index contributed by atoms with van der Waals surface area (Å²) in [5, 5.41) is 3.52. The lowest BCUT2D eigenvalue weighted by Gasteiger charge is -2.10. The minimum Gasteiger partial charge on any atom is -0.316 e. The lowest BCUT2D eigenvalue weighted by Crippen LogP contribution is -2.20. The highest BCUT2D eigenvalue weighted by atomic mass is 14.8. The summed E-state index contributed by atoms with van der Waals surface area (Å²) in [7, 11) is 0. The van der Waals surface area contributed by atoms with Gasteiger partial charge in [-0.1, -0.05) is 52.3 Å². The fourth-order valence-electron chi connectivity index (χ4n) is 2.61. The Morgan fingerprint density at radius 1 is 0.950 bits per heavy atom. The molecular weight excluding hydrogens is 242 g/mol. The largest absolute Gasteiger partial charge is 0.316 e. The average molecular weight is 275 g/mol. The Bertz CT molecular complexity index is 368. The zero-order valence-corrected chi connectivity index (χ0v) is 14.0. The molecule has 0 bridgehead atoms. The number of benzene rings is 1. The first kappa shape index (κ1) is 17.2. The van der Waals surface area contributed by atoms with Crippen molar-refractivity contribution in [3.05, 3.63) is 34.9 Å². The summed E-state index contributed by atoms with van der Waals surface area (Å²) in [6.45, 7) is 11.4. The summed E-state index contributed by atoms with van der Waals surface area (Å²) < 4.78 is 0. The SMILES string of the molecule is CCc1ccc(CC)c(CCCCCNCC(C)C)c1. The van der Waals surface area contributed by atoms with Gasteiger partial charge in [-0.25, -0.2) is 0 Å². The molecule has 0 aliphatic carbocycles. The summed E-state index contributed by atoms with van der Waals surface area (Å²) in [6.07, 6.45) is 7.53. The maximum absolute atomic E-state index is 3.52. The predicted octanol–water partition coefficient (Wildman–Crippen LogP) is 4.77. The first-order valence-electron chi connectivity index (χ1n) is 8.48. The number of nitrogens with one attached hydrogen (secondary N) is 1. The van der Waals surface area contributed by atoms with Crippen LogP contribution in [0.5, 0.6) is 0 Å². The van der Waals surface area contributed by atoms with Crippen molar-refractivity contribution < 1.29 is 0 Å². The van der Waals surface area contributed by atoms with Crippen LogP contribution in [0.2, 0.25) is 0 Å². The third kappa shape index (κ3) is 6.56. The topological polar surface area (TPSA) is 12.0 Å². The van der Waals surface area contributed by atoms with Crippen LogP contribution in [0, 0.1) is 5.92 Å². The number of rotatable bonds is 10. The lowest BCUT2D eigenvalue weighted by atomic mass is 9.96. The molecule has 0 heterocycles. The van der Waals surface area contributed by atoms with Gasteiger partial charge in [0.1, 0.15) is 0 Å². The van der Waals surface area contributed by atoms with Gasteiger partial charge >= 0.3 is 0 Å². The first-order valence-corrected chi connectivity index (χ1v) is 8.48. The van der Waals surface area contributed by atoms with E-state index in [0.29, 0.717) is 0 Å². The molecule has 0 unspecified atom stereocenters. The van der Waals surface area contributed by atoms with Crippen LogP contribution >= 0.6 is 0 Å². The average Bonchev–Trinajstić information content (AvgIpc) is 2.45. The summed E-state index contributed by atoms with van der Waals surface area (Å²) in [5.41, 5.74) is 4.61. The Balaban J connectivity index is 2.27. The van der Waals surface area contributed by atoms with E-state index in [9.17, 15) is 0 Å². The number of unbranched alkanes of at least 4 members (excludes halogenated alkanes) is 2. The van der Waals surface area contributed by atoms with E-state index in [1.807, 2.05) is 0 Å². The molecule has 0 saturated carbocycles. The van der Waals surface area contributed by atoms with Gasteiger partial charge in [0, 0.05) is 0 Å². The van der Waals surface area contributed by atoms with Gasteiger partial charge in [-0.15, -0.1) is 0 Å². The molecule has 0 aliphatic rings. The van der Waals surface area contributed by atoms with Crippen molar-refractivity contribution in [2.75, 3.05) is 13.1 Å². The quantitative estimate of drug-likeness (QED) is 0.607. The second-order valence-corrected chi connectivity index (χ2v) is 6.22. The van der Waals surface area contributed by atoms with Crippen molar-refractivity contribution in [1.29, 1.82) is 0 Å². The predicted molar refractivity (Wildman–Crippen MR) is 90.5 cm³/mol. The number of hydrogen-bond acceptors (Lipinski definition) is 1. The van der Waals surface area contributed by atoms with Crippen molar-refractivity contribution in [2.45, 2.75) is 66.2 Å². The molecule has 0 amide bonds. The highest BCUT2D eigenvalue weighted by molar-refractivity contribution is 5.32. The highest BCUT2D eigenvalue weighted by Crippen LogP contribution is 2.16. The van der Waals surface area contributed by atoms with E-state index in [2.05, 4.69) is 51.2 Å². The van der Waals surface area contributed by atoms with Gasteiger partial charge in [0.15, 0.2) is 0 Å². The second-order valence-electron chi connectivity index (χ2n) is 6.22. The van der Waals surface area contributed by atoms with Gasteiger partial charge in [0.2, 0.25) is 0 Å². The highest BCUT2D eigenvalue weighted by Gasteiger charge is 2.02. The van der Waals surface area contributed by atoms with Gasteiger partial charge in [0.05, 0.1) is 0 Å². The van der Waals surface area contributed by atoms with Crippen LogP contribution in [-0.2, 0) is 19.3 Å². The molecule has 1 N–H and O–H groups in total. The van der Waals surface area contributed by atoms with Crippen LogP contribution < -0.4 is 5.32 Å². The third-order valence-electron chi connectivity index (χ3n) is 3.91. The Kier molecular flexibility index (Phi) is 8.60. The van der Waals surface area contributed by atoms with Crippen molar-refractivity contribution in [3.63, 3.8) is 0 Å². The molecule has 1 aromatic carbocycles. The van der Waals surface area contributed by atoms with E-state index in [-0.39, 0.29) is 0 Å². The van der Waals surface area contributed by atoms with Crippen molar-refractivity contribution in [2.24, 2.45) is 5.92 Å². The fraction of sp³-hybridized carbons (Fsp3) is 0.684.